The summed E-state index contributed by atoms with van der Waals surface area (Å²) in [6.45, 7) is 3.69. The number of aromatic amines is 1. The standard InChI is InChI=1S/C10H17N3O2S/c1-8-11-7-9(12-8)16(14,15)13-10(2)5-3-4-6-10/h7,13H,3-6H2,1-2H3,(H,11,12). The van der Waals surface area contributed by atoms with Crippen LogP contribution in [-0.2, 0) is 10.0 Å². The number of hydrogen-bond donors (Lipinski definition) is 2. The average Bonchev–Trinajstić information content (AvgIpc) is 2.74. The van der Waals surface area contributed by atoms with Crippen molar-refractivity contribution in [2.75, 3.05) is 0 Å². The molecule has 1 aliphatic carbocycles. The number of imidazole rings is 1. The zero-order valence-electron chi connectivity index (χ0n) is 9.58. The van der Waals surface area contributed by atoms with Crippen molar-refractivity contribution in [3.8, 4) is 0 Å². The van der Waals surface area contributed by atoms with Gasteiger partial charge in [0.25, 0.3) is 10.0 Å². The van der Waals surface area contributed by atoms with E-state index < -0.39 is 10.0 Å². The normalized spacial score (nSPS) is 20.1. The molecule has 5 nitrogen and oxygen atoms in total. The van der Waals surface area contributed by atoms with Gasteiger partial charge in [-0.25, -0.2) is 18.1 Å². The number of hydrogen-bond acceptors (Lipinski definition) is 3. The first-order valence-electron chi connectivity index (χ1n) is 5.47. The molecule has 0 radical (unpaired) electrons. The number of aromatic nitrogens is 2. The van der Waals surface area contributed by atoms with E-state index in [9.17, 15) is 8.42 Å². The summed E-state index contributed by atoms with van der Waals surface area (Å²) in [4.78, 5) is 6.65. The van der Waals surface area contributed by atoms with Crippen LogP contribution in [0.4, 0.5) is 0 Å². The first kappa shape index (κ1) is 11.6. The van der Waals surface area contributed by atoms with Crippen LogP contribution >= 0.6 is 0 Å². The van der Waals surface area contributed by atoms with Gasteiger partial charge in [-0.3, -0.25) is 0 Å². The van der Waals surface area contributed by atoms with Gasteiger partial charge in [-0.15, -0.1) is 0 Å². The molecule has 6 heteroatoms. The molecule has 0 amide bonds. The summed E-state index contributed by atoms with van der Waals surface area (Å²) in [7, 11) is -3.45. The van der Waals surface area contributed by atoms with E-state index in [0.717, 1.165) is 25.7 Å². The molecule has 0 atom stereocenters. The van der Waals surface area contributed by atoms with E-state index in [1.807, 2.05) is 6.92 Å². The summed E-state index contributed by atoms with van der Waals surface area (Å²) in [6.07, 6.45) is 5.33. The lowest BCUT2D eigenvalue weighted by molar-refractivity contribution is 0.426. The number of rotatable bonds is 3. The molecule has 1 heterocycles. The van der Waals surface area contributed by atoms with Gasteiger partial charge < -0.3 is 4.98 Å². The van der Waals surface area contributed by atoms with Crippen molar-refractivity contribution in [2.24, 2.45) is 0 Å². The lowest BCUT2D eigenvalue weighted by Gasteiger charge is -2.24. The van der Waals surface area contributed by atoms with Crippen LogP contribution in [0.1, 0.15) is 38.4 Å². The highest BCUT2D eigenvalue weighted by atomic mass is 32.2. The Labute approximate surface area is 95.7 Å². The average molecular weight is 243 g/mol. The minimum absolute atomic E-state index is 0.151. The zero-order valence-corrected chi connectivity index (χ0v) is 10.4. The van der Waals surface area contributed by atoms with E-state index >= 15 is 0 Å². The lowest BCUT2D eigenvalue weighted by atomic mass is 10.0. The number of aryl methyl sites for hydroxylation is 1. The maximum Gasteiger partial charge on any atom is 0.258 e. The van der Waals surface area contributed by atoms with Gasteiger partial charge in [-0.05, 0) is 26.7 Å². The van der Waals surface area contributed by atoms with Crippen LogP contribution in [0.2, 0.25) is 0 Å². The van der Waals surface area contributed by atoms with Crippen molar-refractivity contribution in [1.82, 2.24) is 14.7 Å². The van der Waals surface area contributed by atoms with Crippen LogP contribution in [0.3, 0.4) is 0 Å². The van der Waals surface area contributed by atoms with E-state index in [-0.39, 0.29) is 10.6 Å². The van der Waals surface area contributed by atoms with Gasteiger partial charge in [0.1, 0.15) is 5.82 Å². The molecule has 16 heavy (non-hydrogen) atoms. The quantitative estimate of drug-likeness (QED) is 0.841. The smallest absolute Gasteiger partial charge is 0.258 e. The highest BCUT2D eigenvalue weighted by Gasteiger charge is 2.34. The van der Waals surface area contributed by atoms with E-state index in [4.69, 9.17) is 0 Å². The SMILES string of the molecule is Cc1ncc(S(=O)(=O)NC2(C)CCCC2)[nH]1. The molecule has 0 aliphatic heterocycles. The van der Waals surface area contributed by atoms with Gasteiger partial charge in [0.2, 0.25) is 0 Å². The predicted octanol–water partition coefficient (Wildman–Crippen LogP) is 1.33. The first-order valence-corrected chi connectivity index (χ1v) is 6.95. The molecule has 90 valence electrons. The van der Waals surface area contributed by atoms with Gasteiger partial charge in [-0.1, -0.05) is 12.8 Å². The molecule has 1 aliphatic rings. The molecule has 1 saturated carbocycles. The molecule has 1 aromatic heterocycles. The van der Waals surface area contributed by atoms with Crippen LogP contribution in [0.5, 0.6) is 0 Å². The summed E-state index contributed by atoms with van der Waals surface area (Å²) in [5.74, 6) is 0.608. The van der Waals surface area contributed by atoms with E-state index in [2.05, 4.69) is 14.7 Å². The number of nitrogens with one attached hydrogen (secondary N) is 2. The van der Waals surface area contributed by atoms with Crippen molar-refractivity contribution < 1.29 is 8.42 Å². The molecule has 1 aromatic rings. The molecule has 0 saturated heterocycles. The van der Waals surface area contributed by atoms with E-state index in [0.29, 0.717) is 5.82 Å². The number of H-pyrrole nitrogens is 1. The summed E-state index contributed by atoms with van der Waals surface area (Å²) in [5, 5.41) is 0.151. The maximum absolute atomic E-state index is 12.0. The molecular weight excluding hydrogens is 226 g/mol. The molecule has 0 aromatic carbocycles. The van der Waals surface area contributed by atoms with E-state index in [1.165, 1.54) is 6.20 Å². The summed E-state index contributed by atoms with van der Waals surface area (Å²) in [5.41, 5.74) is -0.294. The van der Waals surface area contributed by atoms with Crippen LogP contribution in [0, 0.1) is 6.92 Å². The highest BCUT2D eigenvalue weighted by Crippen LogP contribution is 2.30. The lowest BCUT2D eigenvalue weighted by Crippen LogP contribution is -2.43. The monoisotopic (exact) mass is 243 g/mol. The van der Waals surface area contributed by atoms with Crippen LogP contribution in [0.25, 0.3) is 0 Å². The molecule has 1 fully saturated rings. The molecular formula is C10H17N3O2S. The molecule has 0 spiro atoms. The Balaban J connectivity index is 2.20. The Morgan fingerprint density at radius 3 is 2.56 bits per heavy atom. The highest BCUT2D eigenvalue weighted by molar-refractivity contribution is 7.89. The van der Waals surface area contributed by atoms with Crippen molar-refractivity contribution >= 4 is 10.0 Å². The van der Waals surface area contributed by atoms with Crippen LogP contribution in [0.15, 0.2) is 11.2 Å². The molecule has 2 N–H and O–H groups in total. The van der Waals surface area contributed by atoms with Crippen molar-refractivity contribution in [3.63, 3.8) is 0 Å². The van der Waals surface area contributed by atoms with Gasteiger partial charge >= 0.3 is 0 Å². The van der Waals surface area contributed by atoms with Gasteiger partial charge in [-0.2, -0.15) is 0 Å². The fourth-order valence-corrected chi connectivity index (χ4v) is 3.61. The third-order valence-corrected chi connectivity index (χ3v) is 4.60. The Kier molecular flexibility index (Phi) is 2.79. The van der Waals surface area contributed by atoms with Crippen molar-refractivity contribution in [2.45, 2.75) is 50.1 Å². The first-order chi connectivity index (χ1) is 7.41. The predicted molar refractivity (Wildman–Crippen MR) is 60.5 cm³/mol. The van der Waals surface area contributed by atoms with Crippen LogP contribution < -0.4 is 4.72 Å². The van der Waals surface area contributed by atoms with Crippen molar-refractivity contribution in [3.05, 3.63) is 12.0 Å². The second-order valence-electron chi connectivity index (χ2n) is 4.71. The zero-order chi connectivity index (χ0) is 11.8. The Morgan fingerprint density at radius 1 is 1.44 bits per heavy atom. The fraction of sp³-hybridized carbons (Fsp3) is 0.700. The second kappa shape index (κ2) is 3.85. The fourth-order valence-electron chi connectivity index (χ4n) is 2.17. The van der Waals surface area contributed by atoms with Gasteiger partial charge in [0.05, 0.1) is 6.20 Å². The summed E-state index contributed by atoms with van der Waals surface area (Å²) in [6, 6.07) is 0. The Bertz CT molecular complexity index is 472. The summed E-state index contributed by atoms with van der Waals surface area (Å²) < 4.78 is 26.8. The largest absolute Gasteiger partial charge is 0.332 e. The topological polar surface area (TPSA) is 74.8 Å². The third kappa shape index (κ3) is 2.27. The van der Waals surface area contributed by atoms with E-state index in [1.54, 1.807) is 6.92 Å². The summed E-state index contributed by atoms with van der Waals surface area (Å²) >= 11 is 0. The Morgan fingerprint density at radius 2 is 2.06 bits per heavy atom. The van der Waals surface area contributed by atoms with Crippen molar-refractivity contribution in [1.29, 1.82) is 0 Å². The molecule has 0 bridgehead atoms. The van der Waals surface area contributed by atoms with Gasteiger partial charge in [0.15, 0.2) is 5.03 Å². The number of nitrogens with zero attached hydrogens (tertiary/aromatic N) is 1. The minimum atomic E-state index is -3.45. The molecule has 0 unspecified atom stereocenters. The second-order valence-corrected chi connectivity index (χ2v) is 6.36. The minimum Gasteiger partial charge on any atom is -0.332 e. The third-order valence-electron chi connectivity index (χ3n) is 3.06. The Hall–Kier alpha value is -0.880. The van der Waals surface area contributed by atoms with Crippen LogP contribution in [-0.4, -0.2) is 23.9 Å². The maximum atomic E-state index is 12.0. The molecule has 2 rings (SSSR count). The van der Waals surface area contributed by atoms with Gasteiger partial charge in [0, 0.05) is 5.54 Å². The number of sulfonamides is 1.